The molecule has 0 bridgehead atoms. The van der Waals surface area contributed by atoms with Crippen molar-refractivity contribution in [1.82, 2.24) is 25.5 Å². The zero-order chi connectivity index (χ0) is 67.2. The van der Waals surface area contributed by atoms with Crippen LogP contribution in [-0.4, -0.2) is 135 Å². The van der Waals surface area contributed by atoms with Crippen molar-refractivity contribution in [1.29, 1.82) is 0 Å². The molecule has 1 fully saturated rings. The quantitative estimate of drug-likeness (QED) is 0.0163. The first kappa shape index (κ1) is 68.5. The van der Waals surface area contributed by atoms with Crippen molar-refractivity contribution >= 4 is 77.9 Å². The van der Waals surface area contributed by atoms with Crippen molar-refractivity contribution in [2.45, 2.75) is 126 Å². The Labute approximate surface area is 544 Å². The van der Waals surface area contributed by atoms with E-state index in [1.54, 1.807) is 57.0 Å². The standard InChI is InChI=1S/C69H83N9O13S2/c1-11-76-55-31-29-48(92(82,83)84)39-51(55)68(5,6)60(76)26-17-13-18-27-61-69(7,8)52-40-49(93(85,86)87)30-32-56(52)77(61)34-20-14-19-28-62(79)71-33-37-90-47-25-21-24-46(38-47)57-44-75(63(80)43-53(45-22-15-12-16-23-45)73-66(81)91-67(2,3)4)35-36-78(57)65-72-54-42-59(89-10)58(88-9)41-50(54)64(70)74-65/h12-13,15-18,21-27,29-32,38-42,53,57H,11,14,19-20,28,33-37,43-44H2,1-10H3,(H5-,70,71,72,73,74,79,81,82,83,84,85,86,87)/p+1/t53-,57?/m1/s1. The number of nitrogens with two attached hydrogens (primary N) is 1. The van der Waals surface area contributed by atoms with E-state index in [1.165, 1.54) is 31.4 Å². The van der Waals surface area contributed by atoms with E-state index >= 15 is 0 Å². The van der Waals surface area contributed by atoms with Gasteiger partial charge < -0.3 is 50.0 Å². The molecule has 22 nitrogen and oxygen atoms in total. The van der Waals surface area contributed by atoms with Crippen LogP contribution < -0.4 is 40.4 Å². The van der Waals surface area contributed by atoms with Crippen LogP contribution in [0.3, 0.4) is 0 Å². The van der Waals surface area contributed by atoms with E-state index in [2.05, 4.69) is 20.1 Å². The first-order valence-electron chi connectivity index (χ1n) is 31.0. The molecule has 6 N–H and O–H groups in total. The number of benzene rings is 5. The number of hydrogen-bond acceptors (Lipinski definition) is 16. The molecule has 1 unspecified atom stereocenters. The molecule has 1 aromatic heterocycles. The smallest absolute Gasteiger partial charge is 0.408 e. The highest BCUT2D eigenvalue weighted by Gasteiger charge is 2.45. The number of amides is 3. The number of anilines is 3. The molecule has 3 aliphatic rings. The van der Waals surface area contributed by atoms with Crippen LogP contribution in [0, 0.1) is 0 Å². The van der Waals surface area contributed by atoms with Crippen LogP contribution in [0.2, 0.25) is 0 Å². The number of nitrogen functional groups attached to an aromatic ring is 1. The molecule has 9 rings (SSSR count). The second-order valence-electron chi connectivity index (χ2n) is 25.2. The van der Waals surface area contributed by atoms with Crippen molar-refractivity contribution < 1.29 is 63.8 Å². The Morgan fingerprint density at radius 1 is 0.806 bits per heavy atom. The topological polar surface area (TPSA) is 285 Å². The maximum atomic E-state index is 14.5. The van der Waals surface area contributed by atoms with Crippen molar-refractivity contribution in [2.24, 2.45) is 0 Å². The number of unbranched alkanes of at least 4 members (excludes halogenated alkanes) is 2. The average molecular weight is 1310 g/mol. The Bertz CT molecular complexity index is 4160. The molecule has 5 aromatic carbocycles. The Morgan fingerprint density at radius 3 is 2.19 bits per heavy atom. The van der Waals surface area contributed by atoms with Crippen molar-refractivity contribution in [2.75, 3.05) is 75.6 Å². The number of rotatable bonds is 24. The van der Waals surface area contributed by atoms with E-state index in [9.17, 15) is 40.3 Å². The van der Waals surface area contributed by atoms with Gasteiger partial charge in [-0.1, -0.05) is 81.0 Å². The summed E-state index contributed by atoms with van der Waals surface area (Å²) < 4.78 is 93.6. The lowest BCUT2D eigenvalue weighted by molar-refractivity contribution is -0.433. The lowest BCUT2D eigenvalue weighted by atomic mass is 9.81. The predicted octanol–water partition coefficient (Wildman–Crippen LogP) is 10.7. The first-order valence-corrected chi connectivity index (χ1v) is 33.9. The zero-order valence-corrected chi connectivity index (χ0v) is 55.9. The van der Waals surface area contributed by atoms with Gasteiger partial charge in [0.1, 0.15) is 30.3 Å². The summed E-state index contributed by atoms with van der Waals surface area (Å²) in [6, 6.07) is 28.4. The van der Waals surface area contributed by atoms with Gasteiger partial charge in [0.15, 0.2) is 17.2 Å². The summed E-state index contributed by atoms with van der Waals surface area (Å²) in [6.07, 6.45) is 11.3. The maximum Gasteiger partial charge on any atom is 0.408 e. The number of carbonyl (C=O) groups is 3. The van der Waals surface area contributed by atoms with E-state index in [1.807, 2.05) is 124 Å². The van der Waals surface area contributed by atoms with E-state index < -0.39 is 54.8 Å². The van der Waals surface area contributed by atoms with Crippen LogP contribution in [0.1, 0.15) is 122 Å². The minimum absolute atomic E-state index is 0.0358. The lowest BCUT2D eigenvalue weighted by Crippen LogP contribution is -2.51. The van der Waals surface area contributed by atoms with Crippen LogP contribution >= 0.6 is 0 Å². The Morgan fingerprint density at radius 2 is 1.51 bits per heavy atom. The fourth-order valence-corrected chi connectivity index (χ4v) is 13.4. The molecule has 0 radical (unpaired) electrons. The Hall–Kier alpha value is -8.84. The largest absolute Gasteiger partial charge is 0.493 e. The number of hydrogen-bond donors (Lipinski definition) is 5. The summed E-state index contributed by atoms with van der Waals surface area (Å²) in [7, 11) is -5.80. The van der Waals surface area contributed by atoms with E-state index in [-0.39, 0.29) is 60.0 Å². The van der Waals surface area contributed by atoms with E-state index in [0.29, 0.717) is 79.5 Å². The summed E-state index contributed by atoms with van der Waals surface area (Å²) >= 11 is 0. The summed E-state index contributed by atoms with van der Waals surface area (Å²) in [5.74, 6) is 1.73. The molecule has 3 aliphatic heterocycles. The van der Waals surface area contributed by atoms with Gasteiger partial charge in [-0.05, 0) is 126 Å². The van der Waals surface area contributed by atoms with E-state index in [0.717, 1.165) is 45.0 Å². The van der Waals surface area contributed by atoms with Crippen LogP contribution in [0.5, 0.6) is 17.2 Å². The molecule has 0 aliphatic carbocycles. The number of allylic oxidation sites excluding steroid dienone is 6. The average Bonchev–Trinajstić information content (AvgIpc) is 1.62. The number of methoxy groups -OCH3 is 2. The van der Waals surface area contributed by atoms with E-state index in [4.69, 9.17) is 34.6 Å². The second kappa shape index (κ2) is 28.2. The van der Waals surface area contributed by atoms with Gasteiger partial charge in [0, 0.05) is 78.6 Å². The number of carbonyl (C=O) groups excluding carboxylic acids is 3. The van der Waals surface area contributed by atoms with Gasteiger partial charge in [-0.2, -0.15) is 26.4 Å². The number of nitrogens with zero attached hydrogens (tertiary/aromatic N) is 6. The molecular formula is C69H84N9O13S2+. The number of alkyl carbamates (subject to hydrolysis) is 1. The van der Waals surface area contributed by atoms with Crippen LogP contribution in [0.25, 0.3) is 10.9 Å². The van der Waals surface area contributed by atoms with Gasteiger partial charge >= 0.3 is 6.09 Å². The lowest BCUT2D eigenvalue weighted by Gasteiger charge is -2.42. The summed E-state index contributed by atoms with van der Waals surface area (Å²) in [5, 5.41) is 6.48. The van der Waals surface area contributed by atoms with Gasteiger partial charge in [0.2, 0.25) is 23.5 Å². The summed E-state index contributed by atoms with van der Waals surface area (Å²) in [6.45, 7) is 17.8. The minimum atomic E-state index is -4.48. The molecule has 6 aromatic rings. The van der Waals surface area contributed by atoms with Crippen molar-refractivity contribution in [3.63, 3.8) is 0 Å². The van der Waals surface area contributed by atoms with Gasteiger partial charge in [0.05, 0.1) is 60.0 Å². The highest BCUT2D eigenvalue weighted by Crippen LogP contribution is 2.49. The third-order valence-electron chi connectivity index (χ3n) is 17.1. The molecule has 0 spiro atoms. The number of nitrogens with one attached hydrogen (secondary N) is 2. The van der Waals surface area contributed by atoms with Gasteiger partial charge in [-0.3, -0.25) is 18.7 Å². The Kier molecular flexibility index (Phi) is 20.8. The zero-order valence-electron chi connectivity index (χ0n) is 54.3. The predicted molar refractivity (Wildman–Crippen MR) is 358 cm³/mol. The highest BCUT2D eigenvalue weighted by atomic mass is 32.2. The van der Waals surface area contributed by atoms with Gasteiger partial charge in [0.25, 0.3) is 20.2 Å². The fourth-order valence-electron chi connectivity index (χ4n) is 12.4. The fraction of sp³-hybridized carbons (Fsp3) is 0.391. The summed E-state index contributed by atoms with van der Waals surface area (Å²) in [4.78, 5) is 56.2. The number of aromatic nitrogens is 2. The van der Waals surface area contributed by atoms with Crippen molar-refractivity contribution in [3.05, 3.63) is 161 Å². The van der Waals surface area contributed by atoms with Crippen molar-refractivity contribution in [3.8, 4) is 17.2 Å². The summed E-state index contributed by atoms with van der Waals surface area (Å²) in [5.41, 5.74) is 11.8. The Balaban J connectivity index is 0.835. The second-order valence-corrected chi connectivity index (χ2v) is 28.1. The van der Waals surface area contributed by atoms with Crippen LogP contribution in [0.4, 0.5) is 27.9 Å². The number of fused-ring (bicyclic) bond motifs is 3. The normalized spacial score (nSPS) is 17.1. The number of piperazine rings is 1. The third kappa shape index (κ3) is 15.8. The monoisotopic (exact) mass is 1310 g/mol. The molecule has 93 heavy (non-hydrogen) atoms. The molecule has 3 amide bonds. The van der Waals surface area contributed by atoms with Crippen LogP contribution in [-0.2, 0) is 45.4 Å². The maximum absolute atomic E-state index is 14.5. The molecule has 4 heterocycles. The highest BCUT2D eigenvalue weighted by molar-refractivity contribution is 7.86. The molecule has 0 saturated carbocycles. The SMILES string of the molecule is CC[N+]1=C(/C=C/C=C/C=C2/N(CCCCCC(=O)NCCOc3cccc(C4CN(C(=O)C[C@@H](NC(=O)OC(C)(C)C)c5ccccc5)CCN4c4nc(N)c5cc(OC)c(OC)cc5n4)c3)c3ccc(S(=O)(=O)O)cc3C2(C)C)C(C)(C)c2cc(S(=O)(=O)O)ccc21. The number of ether oxygens (including phenoxy) is 4. The molecule has 24 heteroatoms. The molecule has 2 atom stereocenters. The molecule has 494 valence electrons. The van der Waals surface area contributed by atoms with Crippen LogP contribution in [0.15, 0.2) is 149 Å². The molecule has 1 saturated heterocycles. The minimum Gasteiger partial charge on any atom is -0.493 e. The first-order chi connectivity index (χ1) is 44.0. The van der Waals surface area contributed by atoms with Gasteiger partial charge in [-0.15, -0.1) is 0 Å². The molecular weight excluding hydrogens is 1230 g/mol. The third-order valence-corrected chi connectivity index (χ3v) is 18.8. The van der Waals surface area contributed by atoms with Gasteiger partial charge in [-0.25, -0.2) is 9.78 Å².